The fraction of sp³-hybridized carbons (Fsp3) is 0.500. The second kappa shape index (κ2) is 6.52. The Morgan fingerprint density at radius 2 is 2.00 bits per heavy atom. The Balaban J connectivity index is 1.83. The highest BCUT2D eigenvalue weighted by Crippen LogP contribution is 2.18. The number of ether oxygens (including phenoxy) is 1. The molecule has 0 saturated carbocycles. The predicted molar refractivity (Wildman–Crippen MR) is 71.6 cm³/mol. The molecule has 4 nitrogen and oxygen atoms in total. The zero-order chi connectivity index (χ0) is 13.7. The topological polar surface area (TPSA) is 41.6 Å². The molecule has 5 heteroatoms. The number of amides is 2. The number of likely N-dealkylation sites (tertiary alicyclic amines) is 1. The number of urea groups is 1. The largest absolute Gasteiger partial charge is 0.384 e. The first-order valence-corrected chi connectivity index (χ1v) is 6.49. The van der Waals surface area contributed by atoms with Crippen molar-refractivity contribution in [3.63, 3.8) is 0 Å². The van der Waals surface area contributed by atoms with Crippen LogP contribution in [-0.4, -0.2) is 37.7 Å². The number of piperidine rings is 1. The molecule has 0 spiro atoms. The van der Waals surface area contributed by atoms with Crippen LogP contribution in [-0.2, 0) is 4.74 Å². The van der Waals surface area contributed by atoms with Gasteiger partial charge >= 0.3 is 6.03 Å². The Bertz CT molecular complexity index is 414. The van der Waals surface area contributed by atoms with Crippen molar-refractivity contribution in [2.24, 2.45) is 5.92 Å². The number of hydrogen-bond donors (Lipinski definition) is 1. The standard InChI is InChI=1S/C14H19FN2O2/c1-19-10-11-6-8-17(9-7-11)14(18)16-13-4-2-12(15)3-5-13/h2-5,11H,6-10H2,1H3,(H,16,18). The third-order valence-corrected chi connectivity index (χ3v) is 3.40. The molecule has 1 N–H and O–H groups in total. The van der Waals surface area contributed by atoms with Gasteiger partial charge in [0.15, 0.2) is 0 Å². The first-order valence-electron chi connectivity index (χ1n) is 6.49. The summed E-state index contributed by atoms with van der Waals surface area (Å²) >= 11 is 0. The van der Waals surface area contributed by atoms with Crippen molar-refractivity contribution in [2.45, 2.75) is 12.8 Å². The zero-order valence-electron chi connectivity index (χ0n) is 11.1. The SMILES string of the molecule is COCC1CCN(C(=O)Nc2ccc(F)cc2)CC1. The minimum atomic E-state index is -0.307. The highest BCUT2D eigenvalue weighted by molar-refractivity contribution is 5.89. The summed E-state index contributed by atoms with van der Waals surface area (Å²) in [6.45, 7) is 2.23. The van der Waals surface area contributed by atoms with Crippen molar-refractivity contribution < 1.29 is 13.9 Å². The maximum Gasteiger partial charge on any atom is 0.321 e. The summed E-state index contributed by atoms with van der Waals surface area (Å²) in [5.74, 6) is 0.234. The minimum absolute atomic E-state index is 0.123. The van der Waals surface area contributed by atoms with Crippen LogP contribution in [0.1, 0.15) is 12.8 Å². The average Bonchev–Trinajstić information content (AvgIpc) is 2.42. The monoisotopic (exact) mass is 266 g/mol. The van der Waals surface area contributed by atoms with E-state index >= 15 is 0 Å². The molecule has 19 heavy (non-hydrogen) atoms. The van der Waals surface area contributed by atoms with Crippen LogP contribution < -0.4 is 5.32 Å². The average molecular weight is 266 g/mol. The van der Waals surface area contributed by atoms with Gasteiger partial charge in [-0.15, -0.1) is 0 Å². The van der Waals surface area contributed by atoms with E-state index in [1.165, 1.54) is 12.1 Å². The summed E-state index contributed by atoms with van der Waals surface area (Å²) in [6.07, 6.45) is 1.93. The summed E-state index contributed by atoms with van der Waals surface area (Å²) in [4.78, 5) is 13.8. The number of rotatable bonds is 3. The number of halogens is 1. The van der Waals surface area contributed by atoms with Crippen LogP contribution in [0.15, 0.2) is 24.3 Å². The zero-order valence-corrected chi connectivity index (χ0v) is 11.1. The van der Waals surface area contributed by atoms with Crippen molar-refractivity contribution in [1.29, 1.82) is 0 Å². The highest BCUT2D eigenvalue weighted by Gasteiger charge is 2.22. The van der Waals surface area contributed by atoms with Gasteiger partial charge in [-0.05, 0) is 43.0 Å². The van der Waals surface area contributed by atoms with Crippen LogP contribution in [0.25, 0.3) is 0 Å². The third-order valence-electron chi connectivity index (χ3n) is 3.40. The van der Waals surface area contributed by atoms with E-state index < -0.39 is 0 Å². The van der Waals surface area contributed by atoms with E-state index in [1.807, 2.05) is 0 Å². The molecule has 0 aromatic heterocycles. The molecule has 0 bridgehead atoms. The van der Waals surface area contributed by atoms with Crippen LogP contribution in [0.4, 0.5) is 14.9 Å². The van der Waals surface area contributed by atoms with Gasteiger partial charge in [-0.1, -0.05) is 0 Å². The van der Waals surface area contributed by atoms with Gasteiger partial charge in [-0.3, -0.25) is 0 Å². The molecule has 1 aliphatic rings. The number of benzene rings is 1. The molecular weight excluding hydrogens is 247 g/mol. The number of carbonyl (C=O) groups excluding carboxylic acids is 1. The Morgan fingerprint density at radius 3 is 2.58 bits per heavy atom. The van der Waals surface area contributed by atoms with Gasteiger partial charge in [0.2, 0.25) is 0 Å². The molecular formula is C14H19FN2O2. The molecule has 0 unspecified atom stereocenters. The first kappa shape index (κ1) is 13.8. The van der Waals surface area contributed by atoms with E-state index in [4.69, 9.17) is 4.74 Å². The summed E-state index contributed by atoms with van der Waals surface area (Å²) in [6, 6.07) is 5.67. The van der Waals surface area contributed by atoms with Crippen molar-refractivity contribution in [1.82, 2.24) is 4.90 Å². The predicted octanol–water partition coefficient (Wildman–Crippen LogP) is 2.72. The molecule has 2 rings (SSSR count). The Labute approximate surface area is 112 Å². The van der Waals surface area contributed by atoms with E-state index in [-0.39, 0.29) is 11.8 Å². The van der Waals surface area contributed by atoms with Gasteiger partial charge in [0.05, 0.1) is 0 Å². The molecule has 1 aromatic rings. The van der Waals surface area contributed by atoms with Crippen LogP contribution >= 0.6 is 0 Å². The van der Waals surface area contributed by atoms with Gasteiger partial charge in [0.1, 0.15) is 5.82 Å². The lowest BCUT2D eigenvalue weighted by molar-refractivity contribution is 0.110. The number of methoxy groups -OCH3 is 1. The van der Waals surface area contributed by atoms with Gasteiger partial charge in [-0.2, -0.15) is 0 Å². The van der Waals surface area contributed by atoms with Gasteiger partial charge in [0, 0.05) is 32.5 Å². The molecule has 1 heterocycles. The fourth-order valence-electron chi connectivity index (χ4n) is 2.27. The summed E-state index contributed by atoms with van der Waals surface area (Å²) in [5.41, 5.74) is 0.616. The maximum absolute atomic E-state index is 12.8. The van der Waals surface area contributed by atoms with E-state index in [9.17, 15) is 9.18 Å². The molecule has 2 amide bonds. The number of anilines is 1. The van der Waals surface area contributed by atoms with E-state index in [2.05, 4.69) is 5.32 Å². The van der Waals surface area contributed by atoms with Crippen molar-refractivity contribution in [3.8, 4) is 0 Å². The summed E-state index contributed by atoms with van der Waals surface area (Å²) in [7, 11) is 1.70. The lowest BCUT2D eigenvalue weighted by Crippen LogP contribution is -2.41. The summed E-state index contributed by atoms with van der Waals surface area (Å²) < 4.78 is 17.9. The maximum atomic E-state index is 12.8. The first-order chi connectivity index (χ1) is 9.19. The van der Waals surface area contributed by atoms with Crippen LogP contribution in [0, 0.1) is 11.7 Å². The number of nitrogens with zero attached hydrogens (tertiary/aromatic N) is 1. The van der Waals surface area contributed by atoms with E-state index in [1.54, 1.807) is 24.1 Å². The van der Waals surface area contributed by atoms with Gasteiger partial charge in [0.25, 0.3) is 0 Å². The number of hydrogen-bond acceptors (Lipinski definition) is 2. The quantitative estimate of drug-likeness (QED) is 0.914. The van der Waals surface area contributed by atoms with E-state index in [0.717, 1.165) is 32.5 Å². The van der Waals surface area contributed by atoms with Crippen molar-refractivity contribution >= 4 is 11.7 Å². The molecule has 0 radical (unpaired) electrons. The third kappa shape index (κ3) is 3.92. The van der Waals surface area contributed by atoms with Crippen molar-refractivity contribution in [2.75, 3.05) is 32.1 Å². The molecule has 0 aliphatic carbocycles. The van der Waals surface area contributed by atoms with E-state index in [0.29, 0.717) is 11.6 Å². The molecule has 1 aliphatic heterocycles. The molecule has 1 fully saturated rings. The van der Waals surface area contributed by atoms with Crippen molar-refractivity contribution in [3.05, 3.63) is 30.1 Å². The molecule has 0 atom stereocenters. The Hall–Kier alpha value is -1.62. The Morgan fingerprint density at radius 1 is 1.37 bits per heavy atom. The lowest BCUT2D eigenvalue weighted by Gasteiger charge is -2.31. The second-order valence-corrected chi connectivity index (χ2v) is 4.82. The van der Waals surface area contributed by atoms with Gasteiger partial charge in [-0.25, -0.2) is 9.18 Å². The molecule has 1 aromatic carbocycles. The highest BCUT2D eigenvalue weighted by atomic mass is 19.1. The second-order valence-electron chi connectivity index (χ2n) is 4.82. The normalized spacial score (nSPS) is 16.4. The lowest BCUT2D eigenvalue weighted by atomic mass is 9.98. The number of nitrogens with one attached hydrogen (secondary N) is 1. The minimum Gasteiger partial charge on any atom is -0.384 e. The van der Waals surface area contributed by atoms with Crippen LogP contribution in [0.2, 0.25) is 0 Å². The van der Waals surface area contributed by atoms with Gasteiger partial charge < -0.3 is 15.0 Å². The molecule has 1 saturated heterocycles. The number of carbonyl (C=O) groups is 1. The summed E-state index contributed by atoms with van der Waals surface area (Å²) in [5, 5.41) is 2.77. The molecule has 104 valence electrons. The van der Waals surface area contributed by atoms with Crippen LogP contribution in [0.3, 0.4) is 0 Å². The van der Waals surface area contributed by atoms with Crippen LogP contribution in [0.5, 0.6) is 0 Å². The fourth-order valence-corrected chi connectivity index (χ4v) is 2.27. The smallest absolute Gasteiger partial charge is 0.321 e. The Kier molecular flexibility index (Phi) is 4.74.